The van der Waals surface area contributed by atoms with E-state index in [4.69, 9.17) is 11.5 Å². The van der Waals surface area contributed by atoms with Crippen LogP contribution < -0.4 is 11.5 Å². The van der Waals surface area contributed by atoms with E-state index in [0.717, 1.165) is 6.54 Å². The second-order valence-electron chi connectivity index (χ2n) is 5.26. The Morgan fingerprint density at radius 2 is 1.72 bits per heavy atom. The van der Waals surface area contributed by atoms with Gasteiger partial charge in [-0.25, -0.2) is 0 Å². The molecule has 0 aromatic heterocycles. The van der Waals surface area contributed by atoms with Gasteiger partial charge in [0.15, 0.2) is 0 Å². The summed E-state index contributed by atoms with van der Waals surface area (Å²) in [7, 11) is 3.89. The highest BCUT2D eigenvalue weighted by Crippen LogP contribution is 2.03. The van der Waals surface area contributed by atoms with Crippen molar-refractivity contribution in [2.45, 2.75) is 26.3 Å². The normalized spacial score (nSPS) is 12.8. The molecule has 18 heavy (non-hydrogen) atoms. The fourth-order valence-corrected chi connectivity index (χ4v) is 1.59. The van der Waals surface area contributed by atoms with Gasteiger partial charge in [-0.05, 0) is 20.0 Å². The zero-order chi connectivity index (χ0) is 14.3. The fourth-order valence-electron chi connectivity index (χ4n) is 1.59. The maximum absolute atomic E-state index is 12.1. The van der Waals surface area contributed by atoms with Crippen LogP contribution in [0.15, 0.2) is 0 Å². The molecule has 0 aliphatic heterocycles. The Bertz CT molecular complexity index is 279. The molecule has 6 heteroatoms. The predicted molar refractivity (Wildman–Crippen MR) is 71.8 cm³/mol. The first-order valence-corrected chi connectivity index (χ1v) is 6.21. The lowest BCUT2D eigenvalue weighted by Gasteiger charge is -2.28. The molecule has 0 radical (unpaired) electrons. The van der Waals surface area contributed by atoms with Gasteiger partial charge in [0.05, 0.1) is 12.5 Å². The van der Waals surface area contributed by atoms with E-state index in [1.54, 1.807) is 4.90 Å². The van der Waals surface area contributed by atoms with Crippen LogP contribution >= 0.6 is 0 Å². The summed E-state index contributed by atoms with van der Waals surface area (Å²) >= 11 is 0. The van der Waals surface area contributed by atoms with E-state index in [-0.39, 0.29) is 12.3 Å². The third-order valence-electron chi connectivity index (χ3n) is 2.45. The van der Waals surface area contributed by atoms with Crippen molar-refractivity contribution in [3.8, 4) is 0 Å². The van der Waals surface area contributed by atoms with Crippen LogP contribution in [0.25, 0.3) is 0 Å². The SMILES string of the molecule is CC(C)CN(CCN(C)C)C(=O)C(N)CC(N)=O. The molecule has 0 bridgehead atoms. The van der Waals surface area contributed by atoms with Crippen molar-refractivity contribution >= 4 is 11.8 Å². The van der Waals surface area contributed by atoms with Gasteiger partial charge >= 0.3 is 0 Å². The number of nitrogens with zero attached hydrogens (tertiary/aromatic N) is 2. The first-order chi connectivity index (χ1) is 8.23. The van der Waals surface area contributed by atoms with Crippen LogP contribution in [0.4, 0.5) is 0 Å². The number of carbonyl (C=O) groups is 2. The van der Waals surface area contributed by atoms with Gasteiger partial charge in [-0.2, -0.15) is 0 Å². The maximum Gasteiger partial charge on any atom is 0.240 e. The quantitative estimate of drug-likeness (QED) is 0.598. The Hall–Kier alpha value is -1.14. The van der Waals surface area contributed by atoms with Gasteiger partial charge in [-0.3, -0.25) is 9.59 Å². The van der Waals surface area contributed by atoms with Crippen molar-refractivity contribution < 1.29 is 9.59 Å². The number of hydrogen-bond acceptors (Lipinski definition) is 4. The van der Waals surface area contributed by atoms with Crippen molar-refractivity contribution in [1.29, 1.82) is 0 Å². The molecule has 0 aliphatic rings. The summed E-state index contributed by atoms with van der Waals surface area (Å²) in [6.07, 6.45) is -0.102. The van der Waals surface area contributed by atoms with Crippen LogP contribution in [0.5, 0.6) is 0 Å². The lowest BCUT2D eigenvalue weighted by atomic mass is 10.1. The molecule has 0 rings (SSSR count). The van der Waals surface area contributed by atoms with Gasteiger partial charge in [-0.15, -0.1) is 0 Å². The molecule has 6 nitrogen and oxygen atoms in total. The number of likely N-dealkylation sites (N-methyl/N-ethyl adjacent to an activating group) is 1. The van der Waals surface area contributed by atoms with Gasteiger partial charge in [0.1, 0.15) is 0 Å². The molecule has 0 aliphatic carbocycles. The summed E-state index contributed by atoms with van der Waals surface area (Å²) in [5.41, 5.74) is 10.8. The van der Waals surface area contributed by atoms with Gasteiger partial charge in [0.25, 0.3) is 0 Å². The molecule has 0 spiro atoms. The lowest BCUT2D eigenvalue weighted by Crippen LogP contribution is -2.48. The Morgan fingerprint density at radius 1 is 1.17 bits per heavy atom. The number of carbonyl (C=O) groups excluding carboxylic acids is 2. The number of amides is 2. The highest BCUT2D eigenvalue weighted by Gasteiger charge is 2.22. The topological polar surface area (TPSA) is 92.7 Å². The molecular formula is C12H26N4O2. The third kappa shape index (κ3) is 7.24. The number of hydrogen-bond donors (Lipinski definition) is 2. The van der Waals surface area contributed by atoms with Crippen LogP contribution in [-0.4, -0.2) is 61.4 Å². The number of primary amides is 1. The van der Waals surface area contributed by atoms with Crippen LogP contribution in [0, 0.1) is 5.92 Å². The van der Waals surface area contributed by atoms with Crippen molar-refractivity contribution in [2.24, 2.45) is 17.4 Å². The highest BCUT2D eigenvalue weighted by molar-refractivity contribution is 5.87. The van der Waals surface area contributed by atoms with E-state index >= 15 is 0 Å². The largest absolute Gasteiger partial charge is 0.370 e. The number of rotatable bonds is 8. The van der Waals surface area contributed by atoms with E-state index in [0.29, 0.717) is 19.0 Å². The summed E-state index contributed by atoms with van der Waals surface area (Å²) in [4.78, 5) is 26.6. The molecular weight excluding hydrogens is 232 g/mol. The van der Waals surface area contributed by atoms with Crippen molar-refractivity contribution in [3.05, 3.63) is 0 Å². The molecule has 2 amide bonds. The fraction of sp³-hybridized carbons (Fsp3) is 0.833. The second-order valence-corrected chi connectivity index (χ2v) is 5.26. The molecule has 1 atom stereocenters. The minimum atomic E-state index is -0.830. The van der Waals surface area contributed by atoms with E-state index in [1.807, 2.05) is 32.8 Å². The Morgan fingerprint density at radius 3 is 2.11 bits per heavy atom. The maximum atomic E-state index is 12.1. The highest BCUT2D eigenvalue weighted by atomic mass is 16.2. The zero-order valence-corrected chi connectivity index (χ0v) is 11.8. The summed E-state index contributed by atoms with van der Waals surface area (Å²) < 4.78 is 0. The zero-order valence-electron chi connectivity index (χ0n) is 11.8. The summed E-state index contributed by atoms with van der Waals surface area (Å²) in [6, 6.07) is -0.830. The van der Waals surface area contributed by atoms with E-state index in [1.165, 1.54) is 0 Å². The van der Waals surface area contributed by atoms with Crippen LogP contribution in [0.2, 0.25) is 0 Å². The molecule has 4 N–H and O–H groups in total. The Balaban J connectivity index is 4.52. The molecule has 0 fully saturated rings. The predicted octanol–water partition coefficient (Wildman–Crippen LogP) is -0.765. The van der Waals surface area contributed by atoms with Crippen LogP contribution in [0.3, 0.4) is 0 Å². The molecule has 0 saturated heterocycles. The molecule has 0 aromatic carbocycles. The molecule has 0 heterocycles. The minimum absolute atomic E-state index is 0.102. The van der Waals surface area contributed by atoms with Crippen molar-refractivity contribution in [3.63, 3.8) is 0 Å². The monoisotopic (exact) mass is 258 g/mol. The smallest absolute Gasteiger partial charge is 0.240 e. The lowest BCUT2D eigenvalue weighted by molar-refractivity contribution is -0.135. The van der Waals surface area contributed by atoms with Gasteiger partial charge in [0.2, 0.25) is 11.8 Å². The average molecular weight is 258 g/mol. The minimum Gasteiger partial charge on any atom is -0.370 e. The van der Waals surface area contributed by atoms with Crippen LogP contribution in [0.1, 0.15) is 20.3 Å². The van der Waals surface area contributed by atoms with Gasteiger partial charge in [0, 0.05) is 19.6 Å². The third-order valence-corrected chi connectivity index (χ3v) is 2.45. The first-order valence-electron chi connectivity index (χ1n) is 6.21. The summed E-state index contributed by atoms with van der Waals surface area (Å²) in [6.45, 7) is 6.09. The summed E-state index contributed by atoms with van der Waals surface area (Å²) in [5, 5.41) is 0. The Kier molecular flexibility index (Phi) is 7.54. The summed E-state index contributed by atoms with van der Waals surface area (Å²) in [5.74, 6) is -0.394. The standard InChI is InChI=1S/C12H26N4O2/c1-9(2)8-16(6-5-15(3)4)12(18)10(13)7-11(14)17/h9-10H,5-8,13H2,1-4H3,(H2,14,17). The first kappa shape index (κ1) is 16.9. The number of nitrogens with two attached hydrogens (primary N) is 2. The molecule has 106 valence electrons. The van der Waals surface area contributed by atoms with Gasteiger partial charge in [-0.1, -0.05) is 13.8 Å². The van der Waals surface area contributed by atoms with Crippen molar-refractivity contribution in [2.75, 3.05) is 33.7 Å². The van der Waals surface area contributed by atoms with Crippen molar-refractivity contribution in [1.82, 2.24) is 9.80 Å². The van der Waals surface area contributed by atoms with Gasteiger partial charge < -0.3 is 21.3 Å². The van der Waals surface area contributed by atoms with Crippen LogP contribution in [-0.2, 0) is 9.59 Å². The van der Waals surface area contributed by atoms with E-state index < -0.39 is 11.9 Å². The molecule has 0 aromatic rings. The van der Waals surface area contributed by atoms with E-state index in [9.17, 15) is 9.59 Å². The average Bonchev–Trinajstić information content (AvgIpc) is 2.21. The second kappa shape index (κ2) is 8.05. The van der Waals surface area contributed by atoms with E-state index in [2.05, 4.69) is 0 Å². The Labute approximate surface area is 109 Å². The molecule has 0 saturated carbocycles. The molecule has 1 unspecified atom stereocenters.